The second kappa shape index (κ2) is 11.3. The number of hydrogen-bond donors (Lipinski definition) is 0. The van der Waals surface area contributed by atoms with Crippen LogP contribution >= 0.6 is 0 Å². The van der Waals surface area contributed by atoms with Gasteiger partial charge in [0.2, 0.25) is 0 Å². The van der Waals surface area contributed by atoms with Gasteiger partial charge in [0.1, 0.15) is 0 Å². The summed E-state index contributed by atoms with van der Waals surface area (Å²) in [6, 6.07) is 0.543. The molecule has 0 fully saturated rings. The Bertz CT molecular complexity index is 321. The van der Waals surface area contributed by atoms with Crippen molar-refractivity contribution in [3.63, 3.8) is 0 Å². The van der Waals surface area contributed by atoms with Gasteiger partial charge in [0.05, 0.1) is 12.1 Å². The predicted molar refractivity (Wildman–Crippen MR) is 92.7 cm³/mol. The van der Waals surface area contributed by atoms with Gasteiger partial charge in [-0.25, -0.2) is 0 Å². The van der Waals surface area contributed by atoms with Crippen LogP contribution in [0.3, 0.4) is 0 Å². The second-order valence-corrected chi connectivity index (χ2v) is 4.98. The molecule has 0 heterocycles. The van der Waals surface area contributed by atoms with E-state index in [0.29, 0.717) is 0 Å². The van der Waals surface area contributed by atoms with Crippen molar-refractivity contribution in [2.24, 2.45) is 0 Å². The number of hydrogen-bond acceptors (Lipinski definition) is 1. The average molecular weight is 273 g/mol. The highest BCUT2D eigenvalue weighted by molar-refractivity contribution is 5.09. The maximum Gasteiger partial charge on any atom is 0.0507 e. The van der Waals surface area contributed by atoms with E-state index in [9.17, 15) is 0 Å². The molecule has 0 aliphatic heterocycles. The molecule has 1 heteroatoms. The molecule has 2 unspecified atom stereocenters. The standard InChI is InChI=1S/C19H31N/c1-7-11-13-15-18(9-3)20(17(5)6)19(10-4)16-14-12-8-2/h9-14,18-19H,3-5,7-8,15-16H2,1-2,6H3/b13-11+,14-12+. The third kappa shape index (κ3) is 6.60. The zero-order valence-electron chi connectivity index (χ0n) is 13.5. The second-order valence-electron chi connectivity index (χ2n) is 4.98. The van der Waals surface area contributed by atoms with Gasteiger partial charge in [-0.15, -0.1) is 13.2 Å². The Balaban J connectivity index is 4.99. The highest BCUT2D eigenvalue weighted by Gasteiger charge is 2.20. The van der Waals surface area contributed by atoms with Crippen LogP contribution in [0.5, 0.6) is 0 Å². The summed E-state index contributed by atoms with van der Waals surface area (Å²) < 4.78 is 0. The summed E-state index contributed by atoms with van der Waals surface area (Å²) in [6.07, 6.45) is 16.9. The first-order chi connectivity index (χ1) is 9.62. The van der Waals surface area contributed by atoms with Gasteiger partial charge in [-0.3, -0.25) is 0 Å². The molecule has 0 N–H and O–H groups in total. The zero-order chi connectivity index (χ0) is 15.4. The normalized spacial score (nSPS) is 14.3. The zero-order valence-corrected chi connectivity index (χ0v) is 13.5. The molecule has 0 aromatic carbocycles. The van der Waals surface area contributed by atoms with Gasteiger partial charge in [-0.1, -0.05) is 56.9 Å². The number of nitrogens with zero attached hydrogens (tertiary/aromatic N) is 1. The molecule has 0 spiro atoms. The largest absolute Gasteiger partial charge is 0.362 e. The SMILES string of the molecule is C=CC(C/C=C/CC)N(C(=C)C)C(C=C)C/C=C/CC. The van der Waals surface area contributed by atoms with E-state index in [1.165, 1.54) is 0 Å². The molecule has 0 bridgehead atoms. The molecular formula is C19H31N. The Labute approximate surface area is 126 Å². The smallest absolute Gasteiger partial charge is 0.0507 e. The fraction of sp³-hybridized carbons (Fsp3) is 0.474. The van der Waals surface area contributed by atoms with E-state index in [-0.39, 0.29) is 12.1 Å². The highest BCUT2D eigenvalue weighted by atomic mass is 15.2. The molecule has 1 nitrogen and oxygen atoms in total. The summed E-state index contributed by atoms with van der Waals surface area (Å²) >= 11 is 0. The molecule has 20 heavy (non-hydrogen) atoms. The summed E-state index contributed by atoms with van der Waals surface area (Å²) in [5.41, 5.74) is 1.06. The molecule has 0 radical (unpaired) electrons. The first kappa shape index (κ1) is 18.5. The topological polar surface area (TPSA) is 3.24 Å². The highest BCUT2D eigenvalue weighted by Crippen LogP contribution is 2.20. The van der Waals surface area contributed by atoms with Crippen LogP contribution in [0.25, 0.3) is 0 Å². The molecule has 0 aliphatic rings. The fourth-order valence-corrected chi connectivity index (χ4v) is 2.26. The molecule has 0 saturated heterocycles. The summed E-state index contributed by atoms with van der Waals surface area (Å²) in [6.45, 7) is 18.5. The lowest BCUT2D eigenvalue weighted by Gasteiger charge is -2.37. The van der Waals surface area contributed by atoms with Crippen molar-refractivity contribution in [3.05, 3.63) is 61.9 Å². The number of rotatable bonds is 11. The fourth-order valence-electron chi connectivity index (χ4n) is 2.26. The molecule has 0 aromatic heterocycles. The van der Waals surface area contributed by atoms with Crippen LogP contribution in [0.4, 0.5) is 0 Å². The average Bonchev–Trinajstić information content (AvgIpc) is 2.44. The Morgan fingerprint density at radius 2 is 1.30 bits per heavy atom. The van der Waals surface area contributed by atoms with Crippen LogP contribution in [-0.2, 0) is 0 Å². The Morgan fingerprint density at radius 3 is 1.55 bits per heavy atom. The minimum Gasteiger partial charge on any atom is -0.362 e. The number of allylic oxidation sites excluding steroid dienone is 3. The van der Waals surface area contributed by atoms with Gasteiger partial charge >= 0.3 is 0 Å². The van der Waals surface area contributed by atoms with E-state index in [1.807, 2.05) is 12.2 Å². The maximum absolute atomic E-state index is 4.13. The quantitative estimate of drug-likeness (QED) is 0.440. The Kier molecular flexibility index (Phi) is 10.5. The van der Waals surface area contributed by atoms with E-state index >= 15 is 0 Å². The molecule has 112 valence electrons. The van der Waals surface area contributed by atoms with Gasteiger partial charge in [0.15, 0.2) is 0 Å². The van der Waals surface area contributed by atoms with Gasteiger partial charge in [-0.2, -0.15) is 0 Å². The van der Waals surface area contributed by atoms with Crippen molar-refractivity contribution in [1.29, 1.82) is 0 Å². The summed E-state index contributed by atoms with van der Waals surface area (Å²) in [4.78, 5) is 2.32. The maximum atomic E-state index is 4.13. The summed E-state index contributed by atoms with van der Waals surface area (Å²) in [5, 5.41) is 0. The lowest BCUT2D eigenvalue weighted by molar-refractivity contribution is 0.249. The molecule has 0 aliphatic carbocycles. The Morgan fingerprint density at radius 1 is 0.900 bits per heavy atom. The minimum atomic E-state index is 0.272. The van der Waals surface area contributed by atoms with E-state index in [2.05, 4.69) is 69.7 Å². The van der Waals surface area contributed by atoms with Gasteiger partial charge in [0, 0.05) is 5.70 Å². The lowest BCUT2D eigenvalue weighted by atomic mass is 10.0. The van der Waals surface area contributed by atoms with Crippen molar-refractivity contribution in [1.82, 2.24) is 4.90 Å². The third-order valence-corrected chi connectivity index (χ3v) is 3.26. The lowest BCUT2D eigenvalue weighted by Crippen LogP contribution is -2.39. The summed E-state index contributed by atoms with van der Waals surface area (Å²) in [5.74, 6) is 0. The van der Waals surface area contributed by atoms with Crippen LogP contribution in [0.2, 0.25) is 0 Å². The van der Waals surface area contributed by atoms with Crippen LogP contribution < -0.4 is 0 Å². The van der Waals surface area contributed by atoms with E-state index in [1.54, 1.807) is 0 Å². The first-order valence-electron chi connectivity index (χ1n) is 7.61. The molecule has 0 amide bonds. The van der Waals surface area contributed by atoms with Crippen molar-refractivity contribution < 1.29 is 0 Å². The van der Waals surface area contributed by atoms with E-state index in [4.69, 9.17) is 0 Å². The van der Waals surface area contributed by atoms with Crippen LogP contribution in [0, 0.1) is 0 Å². The van der Waals surface area contributed by atoms with Crippen molar-refractivity contribution in [2.75, 3.05) is 0 Å². The van der Waals surface area contributed by atoms with Crippen molar-refractivity contribution in [3.8, 4) is 0 Å². The molecular weight excluding hydrogens is 242 g/mol. The molecule has 0 rings (SSSR count). The summed E-state index contributed by atoms with van der Waals surface area (Å²) in [7, 11) is 0. The van der Waals surface area contributed by atoms with E-state index < -0.39 is 0 Å². The van der Waals surface area contributed by atoms with E-state index in [0.717, 1.165) is 31.4 Å². The Hall–Kier alpha value is -1.50. The van der Waals surface area contributed by atoms with Gasteiger partial charge < -0.3 is 4.90 Å². The van der Waals surface area contributed by atoms with Gasteiger partial charge in [0.25, 0.3) is 0 Å². The van der Waals surface area contributed by atoms with Crippen molar-refractivity contribution >= 4 is 0 Å². The minimum absolute atomic E-state index is 0.272. The molecule has 0 saturated carbocycles. The predicted octanol–water partition coefficient (Wildman–Crippen LogP) is 5.64. The third-order valence-electron chi connectivity index (χ3n) is 3.26. The van der Waals surface area contributed by atoms with Crippen LogP contribution in [-0.4, -0.2) is 17.0 Å². The monoisotopic (exact) mass is 273 g/mol. The first-order valence-corrected chi connectivity index (χ1v) is 7.61. The van der Waals surface area contributed by atoms with Crippen LogP contribution in [0.1, 0.15) is 46.5 Å². The van der Waals surface area contributed by atoms with Crippen LogP contribution in [0.15, 0.2) is 61.9 Å². The molecule has 0 aromatic rings. The van der Waals surface area contributed by atoms with Gasteiger partial charge in [-0.05, 0) is 32.6 Å². The van der Waals surface area contributed by atoms with Crippen molar-refractivity contribution in [2.45, 2.75) is 58.5 Å². The molecule has 2 atom stereocenters.